The minimum atomic E-state index is -0.239. The molecule has 4 rings (SSSR count). The van der Waals surface area contributed by atoms with Crippen molar-refractivity contribution in [3.8, 4) is 28.3 Å². The summed E-state index contributed by atoms with van der Waals surface area (Å²) in [6, 6.07) is 22.7. The monoisotopic (exact) mass is 472 g/mol. The number of benzene rings is 2. The summed E-state index contributed by atoms with van der Waals surface area (Å²) in [5, 5.41) is 17.0. The van der Waals surface area contributed by atoms with Crippen molar-refractivity contribution in [1.82, 2.24) is 20.1 Å². The van der Waals surface area contributed by atoms with Gasteiger partial charge in [-0.3, -0.25) is 9.78 Å². The molecule has 180 valence electrons. The van der Waals surface area contributed by atoms with Gasteiger partial charge >= 0.3 is 0 Å². The molecule has 0 aliphatic carbocycles. The summed E-state index contributed by atoms with van der Waals surface area (Å²) in [5.74, 6) is 0.241. The van der Waals surface area contributed by atoms with E-state index in [2.05, 4.69) is 10.3 Å². The minimum Gasteiger partial charge on any atom is -0.490 e. The molecule has 2 heterocycles. The van der Waals surface area contributed by atoms with Crippen LogP contribution in [0.15, 0.2) is 79.0 Å². The molecule has 2 N–H and O–H groups in total. The summed E-state index contributed by atoms with van der Waals surface area (Å²) in [6.07, 6.45) is 2.35. The Morgan fingerprint density at radius 3 is 2.63 bits per heavy atom. The van der Waals surface area contributed by atoms with Crippen LogP contribution in [0.4, 0.5) is 0 Å². The molecular formula is C27H28N4O4. The van der Waals surface area contributed by atoms with Crippen molar-refractivity contribution in [1.29, 1.82) is 0 Å². The van der Waals surface area contributed by atoms with E-state index in [-0.39, 0.29) is 25.9 Å². The third kappa shape index (κ3) is 5.92. The Hall–Kier alpha value is -4.01. The van der Waals surface area contributed by atoms with Gasteiger partial charge in [0.05, 0.1) is 29.1 Å². The van der Waals surface area contributed by atoms with Gasteiger partial charge in [-0.15, -0.1) is 0 Å². The van der Waals surface area contributed by atoms with Crippen molar-refractivity contribution >= 4 is 5.91 Å². The molecular weight excluding hydrogens is 444 g/mol. The first kappa shape index (κ1) is 24.1. The number of hydrogen-bond acceptors (Lipinski definition) is 6. The molecule has 0 bridgehead atoms. The van der Waals surface area contributed by atoms with Crippen molar-refractivity contribution in [2.75, 3.05) is 26.9 Å². The fourth-order valence-corrected chi connectivity index (χ4v) is 3.79. The lowest BCUT2D eigenvalue weighted by Crippen LogP contribution is -2.26. The number of amides is 1. The molecule has 35 heavy (non-hydrogen) atoms. The number of ether oxygens (including phenoxy) is 2. The quantitative estimate of drug-likeness (QED) is 0.346. The first-order valence-corrected chi connectivity index (χ1v) is 11.4. The highest BCUT2D eigenvalue weighted by molar-refractivity contribution is 6.02. The number of carbonyl (C=O) groups is 1. The van der Waals surface area contributed by atoms with Crippen LogP contribution in [0, 0.1) is 0 Å². The van der Waals surface area contributed by atoms with Crippen LogP contribution in [0.2, 0.25) is 0 Å². The highest BCUT2D eigenvalue weighted by Crippen LogP contribution is 2.36. The topological polar surface area (TPSA) is 98.5 Å². The lowest BCUT2D eigenvalue weighted by atomic mass is 10.0. The Morgan fingerprint density at radius 1 is 1.06 bits per heavy atom. The van der Waals surface area contributed by atoms with Crippen molar-refractivity contribution in [3.05, 3.63) is 90.3 Å². The zero-order valence-electron chi connectivity index (χ0n) is 19.6. The van der Waals surface area contributed by atoms with Gasteiger partial charge in [0.1, 0.15) is 19.1 Å². The molecule has 0 aliphatic heterocycles. The van der Waals surface area contributed by atoms with Crippen LogP contribution in [0.5, 0.6) is 5.75 Å². The van der Waals surface area contributed by atoms with E-state index in [4.69, 9.17) is 14.6 Å². The molecule has 8 nitrogen and oxygen atoms in total. The standard InChI is InChI=1S/C27H28N4O4/c1-34-19-31-24(18-23(30-31)20-8-3-2-4-9-20)26-22(11-7-12-25(26)35-17-16-32)27(33)29-15-13-21-10-5-6-14-28-21/h2-12,14,18,32H,13,15-17,19H2,1H3,(H,29,33). The number of aromatic nitrogens is 3. The van der Waals surface area contributed by atoms with E-state index in [1.165, 1.54) is 0 Å². The van der Waals surface area contributed by atoms with E-state index >= 15 is 0 Å². The molecule has 0 atom stereocenters. The van der Waals surface area contributed by atoms with Crippen LogP contribution < -0.4 is 10.1 Å². The van der Waals surface area contributed by atoms with E-state index < -0.39 is 0 Å². The first-order chi connectivity index (χ1) is 17.2. The number of aliphatic hydroxyl groups is 1. The maximum Gasteiger partial charge on any atom is 0.252 e. The Bertz CT molecular complexity index is 1240. The predicted molar refractivity (Wildman–Crippen MR) is 133 cm³/mol. The number of rotatable bonds is 11. The first-order valence-electron chi connectivity index (χ1n) is 11.4. The van der Waals surface area contributed by atoms with Crippen molar-refractivity contribution in [2.24, 2.45) is 0 Å². The van der Waals surface area contributed by atoms with Gasteiger partial charge in [0.2, 0.25) is 0 Å². The van der Waals surface area contributed by atoms with Crippen molar-refractivity contribution in [2.45, 2.75) is 13.2 Å². The highest BCUT2D eigenvalue weighted by Gasteiger charge is 2.22. The lowest BCUT2D eigenvalue weighted by molar-refractivity contribution is 0.0953. The Labute approximate surface area is 204 Å². The normalized spacial score (nSPS) is 10.8. The van der Waals surface area contributed by atoms with E-state index in [9.17, 15) is 9.90 Å². The molecule has 2 aromatic carbocycles. The second-order valence-corrected chi connectivity index (χ2v) is 7.78. The van der Waals surface area contributed by atoms with Crippen LogP contribution in [-0.4, -0.2) is 52.6 Å². The Morgan fingerprint density at radius 2 is 1.89 bits per heavy atom. The molecule has 8 heteroatoms. The van der Waals surface area contributed by atoms with Crippen LogP contribution in [0.1, 0.15) is 16.1 Å². The van der Waals surface area contributed by atoms with Crippen LogP contribution in [0.25, 0.3) is 22.5 Å². The van der Waals surface area contributed by atoms with Gasteiger partial charge < -0.3 is 19.9 Å². The summed E-state index contributed by atoms with van der Waals surface area (Å²) >= 11 is 0. The molecule has 1 amide bonds. The minimum absolute atomic E-state index is 0.0989. The zero-order valence-corrected chi connectivity index (χ0v) is 19.6. The van der Waals surface area contributed by atoms with Gasteiger partial charge in [-0.05, 0) is 30.3 Å². The molecule has 0 radical (unpaired) electrons. The van der Waals surface area contributed by atoms with E-state index in [1.807, 2.05) is 54.6 Å². The van der Waals surface area contributed by atoms with Crippen molar-refractivity contribution < 1.29 is 19.4 Å². The third-order valence-electron chi connectivity index (χ3n) is 5.37. The summed E-state index contributed by atoms with van der Waals surface area (Å²) in [4.78, 5) is 17.6. The molecule has 0 spiro atoms. The van der Waals surface area contributed by atoms with E-state index in [0.717, 1.165) is 17.0 Å². The van der Waals surface area contributed by atoms with E-state index in [1.54, 1.807) is 36.2 Å². The summed E-state index contributed by atoms with van der Waals surface area (Å²) in [6.45, 7) is 0.578. The maximum absolute atomic E-state index is 13.3. The van der Waals surface area contributed by atoms with Gasteiger partial charge in [-0.1, -0.05) is 42.5 Å². The second-order valence-electron chi connectivity index (χ2n) is 7.78. The molecule has 0 aliphatic rings. The third-order valence-corrected chi connectivity index (χ3v) is 5.37. The average Bonchev–Trinajstić information content (AvgIpc) is 3.32. The average molecular weight is 473 g/mol. The van der Waals surface area contributed by atoms with E-state index in [0.29, 0.717) is 35.5 Å². The number of hydrogen-bond donors (Lipinski definition) is 2. The number of methoxy groups -OCH3 is 1. The lowest BCUT2D eigenvalue weighted by Gasteiger charge is -2.16. The summed E-state index contributed by atoms with van der Waals surface area (Å²) in [5.41, 5.74) is 4.30. The SMILES string of the molecule is COCn1nc(-c2ccccc2)cc1-c1c(OCCO)cccc1C(=O)NCCc1ccccn1. The fraction of sp³-hybridized carbons (Fsp3) is 0.222. The predicted octanol–water partition coefficient (Wildman–Crippen LogP) is 3.56. The molecule has 0 unspecified atom stereocenters. The van der Waals surface area contributed by atoms with Gasteiger partial charge in [-0.2, -0.15) is 5.10 Å². The van der Waals surface area contributed by atoms with Crippen LogP contribution >= 0.6 is 0 Å². The largest absolute Gasteiger partial charge is 0.490 e. The Kier molecular flexibility index (Phi) is 8.21. The second kappa shape index (κ2) is 11.9. The van der Waals surface area contributed by atoms with Crippen molar-refractivity contribution in [3.63, 3.8) is 0 Å². The summed E-state index contributed by atoms with van der Waals surface area (Å²) in [7, 11) is 1.59. The zero-order chi connectivity index (χ0) is 24.5. The molecule has 0 fully saturated rings. The molecule has 0 saturated heterocycles. The number of nitrogens with one attached hydrogen (secondary N) is 1. The number of carbonyl (C=O) groups excluding carboxylic acids is 1. The smallest absolute Gasteiger partial charge is 0.252 e. The molecule has 2 aromatic heterocycles. The fourth-order valence-electron chi connectivity index (χ4n) is 3.79. The number of pyridine rings is 1. The summed E-state index contributed by atoms with van der Waals surface area (Å²) < 4.78 is 12.9. The van der Waals surface area contributed by atoms with Crippen LogP contribution in [-0.2, 0) is 17.9 Å². The van der Waals surface area contributed by atoms with Gasteiger partial charge in [0.25, 0.3) is 5.91 Å². The van der Waals surface area contributed by atoms with Gasteiger partial charge in [-0.25, -0.2) is 4.68 Å². The van der Waals surface area contributed by atoms with Gasteiger partial charge in [0.15, 0.2) is 0 Å². The molecule has 0 saturated carbocycles. The molecule has 4 aromatic rings. The Balaban J connectivity index is 1.71. The number of nitrogens with zero attached hydrogens (tertiary/aromatic N) is 3. The van der Waals surface area contributed by atoms with Gasteiger partial charge in [0, 0.05) is 37.5 Å². The van der Waals surface area contributed by atoms with Crippen LogP contribution in [0.3, 0.4) is 0 Å². The number of aliphatic hydroxyl groups excluding tert-OH is 1. The maximum atomic E-state index is 13.3. The highest BCUT2D eigenvalue weighted by atomic mass is 16.5.